The largest absolute Gasteiger partial charge is 0.392 e. The highest BCUT2D eigenvalue weighted by Gasteiger charge is 2.56. The molecule has 134 valence electrons. The second-order valence-corrected chi connectivity index (χ2v) is 6.97. The van der Waals surface area contributed by atoms with Gasteiger partial charge in [0.05, 0.1) is 12.2 Å². The topological polar surface area (TPSA) is 84.5 Å². The lowest BCUT2D eigenvalue weighted by molar-refractivity contribution is -0.199. The Morgan fingerprint density at radius 3 is 2.84 bits per heavy atom. The predicted molar refractivity (Wildman–Crippen MR) is 92.2 cm³/mol. The van der Waals surface area contributed by atoms with Gasteiger partial charge in [-0.15, -0.1) is 0 Å². The van der Waals surface area contributed by atoms with Crippen molar-refractivity contribution in [2.75, 3.05) is 24.6 Å². The Bertz CT molecular complexity index is 737. The molecule has 7 heteroatoms. The minimum absolute atomic E-state index is 0.0757. The van der Waals surface area contributed by atoms with Gasteiger partial charge in [0.25, 0.3) is 5.89 Å². The van der Waals surface area contributed by atoms with E-state index in [2.05, 4.69) is 20.0 Å². The van der Waals surface area contributed by atoms with Crippen LogP contribution in [0.15, 0.2) is 22.9 Å². The van der Waals surface area contributed by atoms with Gasteiger partial charge in [-0.3, -0.25) is 0 Å². The molecule has 25 heavy (non-hydrogen) atoms. The zero-order chi connectivity index (χ0) is 17.4. The van der Waals surface area contributed by atoms with Gasteiger partial charge in [0, 0.05) is 43.3 Å². The number of piperidine rings is 1. The van der Waals surface area contributed by atoms with Crippen molar-refractivity contribution in [1.82, 2.24) is 15.1 Å². The summed E-state index contributed by atoms with van der Waals surface area (Å²) in [6, 6.07) is 3.87. The van der Waals surface area contributed by atoms with E-state index in [0.29, 0.717) is 18.3 Å². The maximum atomic E-state index is 10.3. The number of aryl methyl sites for hydroxylation is 1. The fourth-order valence-electron chi connectivity index (χ4n) is 4.11. The van der Waals surface area contributed by atoms with Crippen molar-refractivity contribution in [3.05, 3.63) is 24.2 Å². The van der Waals surface area contributed by atoms with Crippen molar-refractivity contribution in [1.29, 1.82) is 0 Å². The van der Waals surface area contributed by atoms with Crippen LogP contribution in [0.1, 0.15) is 32.0 Å². The number of hydrogen-bond donors (Lipinski definition) is 1. The molecule has 1 aliphatic heterocycles. The van der Waals surface area contributed by atoms with Crippen molar-refractivity contribution in [3.63, 3.8) is 0 Å². The van der Waals surface area contributed by atoms with Crippen molar-refractivity contribution < 1.29 is 14.4 Å². The average molecular weight is 344 g/mol. The molecule has 2 aromatic rings. The Hall–Kier alpha value is -1.99. The highest BCUT2D eigenvalue weighted by atomic mass is 16.5. The normalized spacial score (nSPS) is 25.2. The third kappa shape index (κ3) is 2.81. The molecule has 2 aromatic heterocycles. The van der Waals surface area contributed by atoms with E-state index in [1.54, 1.807) is 13.1 Å². The number of aromatic nitrogens is 3. The summed E-state index contributed by atoms with van der Waals surface area (Å²) in [6.45, 7) is 6.25. The van der Waals surface area contributed by atoms with Crippen LogP contribution in [-0.2, 0) is 4.74 Å². The van der Waals surface area contributed by atoms with Gasteiger partial charge in [-0.2, -0.15) is 4.98 Å². The lowest BCUT2D eigenvalue weighted by Crippen LogP contribution is -2.62. The molecule has 1 aliphatic carbocycles. The fourth-order valence-corrected chi connectivity index (χ4v) is 4.11. The maximum absolute atomic E-state index is 10.3. The molecule has 4 rings (SSSR count). The van der Waals surface area contributed by atoms with Crippen molar-refractivity contribution in [2.24, 2.45) is 5.41 Å². The molecule has 0 bridgehead atoms. The Kier molecular flexibility index (Phi) is 4.21. The van der Waals surface area contributed by atoms with Gasteiger partial charge in [-0.25, -0.2) is 4.98 Å². The van der Waals surface area contributed by atoms with Crippen LogP contribution in [0.4, 0.5) is 5.82 Å². The summed E-state index contributed by atoms with van der Waals surface area (Å²) in [4.78, 5) is 11.0. The molecule has 3 heterocycles. The van der Waals surface area contributed by atoms with E-state index >= 15 is 0 Å². The number of hydrogen-bond acceptors (Lipinski definition) is 7. The summed E-state index contributed by atoms with van der Waals surface area (Å²) in [5.41, 5.74) is 0.801. The number of nitrogens with zero attached hydrogens (tertiary/aromatic N) is 4. The van der Waals surface area contributed by atoms with E-state index in [9.17, 15) is 5.11 Å². The molecular weight excluding hydrogens is 320 g/mol. The molecule has 7 nitrogen and oxygen atoms in total. The van der Waals surface area contributed by atoms with Crippen LogP contribution in [-0.4, -0.2) is 52.1 Å². The minimum Gasteiger partial charge on any atom is -0.392 e. The SMILES string of the molecule is CCO[C@@H]1C[C@@H](O)C12CCN(c1cc(-c3nc(C)no3)ccn1)CC2. The number of ether oxygens (including phenoxy) is 1. The summed E-state index contributed by atoms with van der Waals surface area (Å²) in [5, 5.41) is 14.2. The average Bonchev–Trinajstić information content (AvgIpc) is 3.08. The maximum Gasteiger partial charge on any atom is 0.258 e. The summed E-state index contributed by atoms with van der Waals surface area (Å²) < 4.78 is 11.1. The first kappa shape index (κ1) is 16.5. The second-order valence-electron chi connectivity index (χ2n) is 6.97. The van der Waals surface area contributed by atoms with Crippen LogP contribution in [0.5, 0.6) is 0 Å². The Balaban J connectivity index is 1.48. The number of pyridine rings is 1. The van der Waals surface area contributed by atoms with Crippen LogP contribution >= 0.6 is 0 Å². The highest BCUT2D eigenvalue weighted by Crippen LogP contribution is 2.51. The number of anilines is 1. The first-order valence-corrected chi connectivity index (χ1v) is 8.94. The monoisotopic (exact) mass is 344 g/mol. The van der Waals surface area contributed by atoms with Gasteiger partial charge in [-0.05, 0) is 38.8 Å². The Morgan fingerprint density at radius 2 is 2.20 bits per heavy atom. The molecule has 2 atom stereocenters. The molecule has 1 N–H and O–H groups in total. The van der Waals surface area contributed by atoms with E-state index in [4.69, 9.17) is 9.26 Å². The molecule has 1 saturated carbocycles. The van der Waals surface area contributed by atoms with Crippen LogP contribution in [0, 0.1) is 12.3 Å². The van der Waals surface area contributed by atoms with Crippen LogP contribution in [0.25, 0.3) is 11.5 Å². The van der Waals surface area contributed by atoms with Crippen LogP contribution < -0.4 is 4.90 Å². The summed E-state index contributed by atoms with van der Waals surface area (Å²) in [6.07, 6.45) is 4.32. The smallest absolute Gasteiger partial charge is 0.258 e. The molecule has 1 saturated heterocycles. The van der Waals surface area contributed by atoms with Gasteiger partial charge in [0.2, 0.25) is 0 Å². The van der Waals surface area contributed by atoms with E-state index in [-0.39, 0.29) is 17.6 Å². The predicted octanol–water partition coefficient (Wildman–Crippen LogP) is 2.20. The van der Waals surface area contributed by atoms with Gasteiger partial charge in [0.1, 0.15) is 5.82 Å². The first-order chi connectivity index (χ1) is 12.1. The van der Waals surface area contributed by atoms with Gasteiger partial charge >= 0.3 is 0 Å². The van der Waals surface area contributed by atoms with Crippen molar-refractivity contribution in [2.45, 2.75) is 45.3 Å². The van der Waals surface area contributed by atoms with E-state index in [0.717, 1.165) is 43.7 Å². The zero-order valence-electron chi connectivity index (χ0n) is 14.7. The molecular formula is C18H24N4O3. The standard InChI is InChI=1S/C18H24N4O3/c1-3-24-15-11-14(23)18(15)5-8-22(9-6-18)16-10-13(4-7-19-16)17-20-12(2)21-25-17/h4,7,10,14-15,23H,3,5-6,8-9,11H2,1-2H3/t14-,15-/m1/s1. The molecule has 1 spiro atoms. The van der Waals surface area contributed by atoms with E-state index in [1.807, 2.05) is 19.1 Å². The Labute approximate surface area is 147 Å². The van der Waals surface area contributed by atoms with Crippen molar-refractivity contribution in [3.8, 4) is 11.5 Å². The van der Waals surface area contributed by atoms with Crippen LogP contribution in [0.2, 0.25) is 0 Å². The van der Waals surface area contributed by atoms with Crippen molar-refractivity contribution >= 4 is 5.82 Å². The number of aliphatic hydroxyl groups excluding tert-OH is 1. The third-order valence-corrected chi connectivity index (χ3v) is 5.65. The van der Waals surface area contributed by atoms with Gasteiger partial charge in [-0.1, -0.05) is 5.16 Å². The minimum atomic E-state index is -0.244. The van der Waals surface area contributed by atoms with Gasteiger partial charge in [0.15, 0.2) is 5.82 Å². The fraction of sp³-hybridized carbons (Fsp3) is 0.611. The second kappa shape index (κ2) is 6.38. The summed E-state index contributed by atoms with van der Waals surface area (Å²) in [5.74, 6) is 2.04. The van der Waals surface area contributed by atoms with Gasteiger partial charge < -0.3 is 19.3 Å². The Morgan fingerprint density at radius 1 is 1.40 bits per heavy atom. The molecule has 0 aromatic carbocycles. The summed E-state index contributed by atoms with van der Waals surface area (Å²) >= 11 is 0. The van der Waals surface area contributed by atoms with E-state index < -0.39 is 0 Å². The first-order valence-electron chi connectivity index (χ1n) is 8.94. The molecule has 2 aliphatic rings. The molecule has 0 radical (unpaired) electrons. The third-order valence-electron chi connectivity index (χ3n) is 5.65. The highest BCUT2D eigenvalue weighted by molar-refractivity contribution is 5.58. The lowest BCUT2D eigenvalue weighted by atomic mass is 9.58. The quantitative estimate of drug-likeness (QED) is 0.910. The summed E-state index contributed by atoms with van der Waals surface area (Å²) in [7, 11) is 0. The number of rotatable bonds is 4. The molecule has 0 amide bonds. The van der Waals surface area contributed by atoms with Crippen LogP contribution in [0.3, 0.4) is 0 Å². The molecule has 0 unspecified atom stereocenters. The number of aliphatic hydroxyl groups is 1. The zero-order valence-corrected chi connectivity index (χ0v) is 14.7. The molecule has 2 fully saturated rings. The lowest BCUT2D eigenvalue weighted by Gasteiger charge is -2.56. The van der Waals surface area contributed by atoms with E-state index in [1.165, 1.54) is 0 Å².